The number of anilines is 2. The van der Waals surface area contributed by atoms with E-state index in [1.54, 1.807) is 17.4 Å². The fourth-order valence-electron chi connectivity index (χ4n) is 3.59. The summed E-state index contributed by atoms with van der Waals surface area (Å²) in [6.45, 7) is 2.81. The van der Waals surface area contributed by atoms with Gasteiger partial charge in [0.25, 0.3) is 0 Å². The summed E-state index contributed by atoms with van der Waals surface area (Å²) < 4.78 is 13.2. The number of rotatable bonds is 8. The molecule has 33 heavy (non-hydrogen) atoms. The van der Waals surface area contributed by atoms with Crippen molar-refractivity contribution in [2.45, 2.75) is 6.92 Å². The van der Waals surface area contributed by atoms with Crippen LogP contribution < -0.4 is 19.3 Å². The van der Waals surface area contributed by atoms with Crippen LogP contribution in [-0.2, 0) is 0 Å². The van der Waals surface area contributed by atoms with Gasteiger partial charge in [0.1, 0.15) is 35.5 Å². The van der Waals surface area contributed by atoms with E-state index in [0.29, 0.717) is 24.5 Å². The van der Waals surface area contributed by atoms with Crippen molar-refractivity contribution in [1.82, 2.24) is 4.98 Å². The van der Waals surface area contributed by atoms with E-state index in [2.05, 4.69) is 17.1 Å². The first-order valence-corrected chi connectivity index (χ1v) is 11.6. The molecule has 0 unspecified atom stereocenters. The van der Waals surface area contributed by atoms with E-state index in [-0.39, 0.29) is 5.75 Å². The van der Waals surface area contributed by atoms with Gasteiger partial charge in [-0.05, 0) is 42.8 Å². The second-order valence-corrected chi connectivity index (χ2v) is 9.31. The molecule has 7 heteroatoms. The summed E-state index contributed by atoms with van der Waals surface area (Å²) >= 11 is 1.55. The number of aromatic hydroxyl groups is 1. The Kier molecular flexibility index (Phi) is 6.60. The number of hydrogen-bond donors (Lipinski definition) is 1. The number of benzene rings is 3. The highest BCUT2D eigenvalue weighted by molar-refractivity contribution is 7.21. The van der Waals surface area contributed by atoms with Gasteiger partial charge in [-0.3, -0.25) is 0 Å². The predicted octanol–water partition coefficient (Wildman–Crippen LogP) is 5.57. The van der Waals surface area contributed by atoms with Gasteiger partial charge in [-0.1, -0.05) is 18.2 Å². The van der Waals surface area contributed by atoms with Gasteiger partial charge >= 0.3 is 0 Å². The number of thiazole rings is 1. The van der Waals surface area contributed by atoms with Crippen molar-refractivity contribution < 1.29 is 14.6 Å². The van der Waals surface area contributed by atoms with Gasteiger partial charge in [-0.2, -0.15) is 0 Å². The molecule has 0 saturated heterocycles. The molecule has 0 amide bonds. The van der Waals surface area contributed by atoms with Crippen LogP contribution in [0.15, 0.2) is 54.6 Å². The molecule has 0 atom stereocenters. The van der Waals surface area contributed by atoms with E-state index < -0.39 is 0 Å². The molecule has 0 aliphatic heterocycles. The lowest BCUT2D eigenvalue weighted by atomic mass is 10.1. The quantitative estimate of drug-likeness (QED) is 0.345. The second kappa shape index (κ2) is 9.58. The summed E-state index contributed by atoms with van der Waals surface area (Å²) in [4.78, 5) is 8.64. The summed E-state index contributed by atoms with van der Waals surface area (Å²) in [6.07, 6.45) is 0. The average Bonchev–Trinajstić information content (AvgIpc) is 3.21. The molecule has 0 aliphatic carbocycles. The molecule has 3 aromatic carbocycles. The van der Waals surface area contributed by atoms with Crippen LogP contribution in [0, 0.1) is 6.92 Å². The summed E-state index contributed by atoms with van der Waals surface area (Å²) in [5, 5.41) is 11.5. The van der Waals surface area contributed by atoms with Crippen molar-refractivity contribution in [3.8, 4) is 27.8 Å². The van der Waals surface area contributed by atoms with E-state index in [1.807, 2.05) is 81.3 Å². The zero-order chi connectivity index (χ0) is 23.5. The number of fused-ring (bicyclic) bond motifs is 1. The molecule has 1 aromatic heterocycles. The first kappa shape index (κ1) is 22.7. The Morgan fingerprint density at radius 1 is 0.848 bits per heavy atom. The van der Waals surface area contributed by atoms with Crippen LogP contribution in [0.25, 0.3) is 20.8 Å². The van der Waals surface area contributed by atoms with Crippen LogP contribution in [0.2, 0.25) is 0 Å². The number of hydrogen-bond acceptors (Lipinski definition) is 7. The number of aromatic nitrogens is 1. The van der Waals surface area contributed by atoms with Crippen molar-refractivity contribution >= 4 is 32.9 Å². The highest BCUT2D eigenvalue weighted by Gasteiger charge is 2.17. The summed E-state index contributed by atoms with van der Waals surface area (Å²) in [7, 11) is 7.84. The number of nitrogens with zero attached hydrogens (tertiary/aromatic N) is 3. The van der Waals surface area contributed by atoms with Gasteiger partial charge in [-0.15, -0.1) is 11.3 Å². The van der Waals surface area contributed by atoms with Crippen LogP contribution in [0.3, 0.4) is 0 Å². The van der Waals surface area contributed by atoms with E-state index in [1.165, 1.54) is 0 Å². The second-order valence-electron chi connectivity index (χ2n) is 8.28. The smallest absolute Gasteiger partial charge is 0.143 e. The van der Waals surface area contributed by atoms with E-state index >= 15 is 0 Å². The lowest BCUT2D eigenvalue weighted by Crippen LogP contribution is -2.15. The number of para-hydroxylation sites is 1. The predicted molar refractivity (Wildman–Crippen MR) is 138 cm³/mol. The molecule has 6 nitrogen and oxygen atoms in total. The molecule has 172 valence electrons. The molecule has 0 fully saturated rings. The number of phenols is 1. The van der Waals surface area contributed by atoms with Crippen LogP contribution >= 0.6 is 11.3 Å². The van der Waals surface area contributed by atoms with Crippen LogP contribution in [-0.4, -0.2) is 51.5 Å². The number of phenolic OH excluding ortho intramolecular Hbond substituents is 1. The molecular weight excluding hydrogens is 434 g/mol. The highest BCUT2D eigenvalue weighted by Crippen LogP contribution is 2.42. The Balaban J connectivity index is 1.54. The molecule has 0 spiro atoms. The average molecular weight is 464 g/mol. The highest BCUT2D eigenvalue weighted by atomic mass is 32.1. The molecule has 0 saturated carbocycles. The molecule has 0 aliphatic rings. The maximum Gasteiger partial charge on any atom is 0.143 e. The van der Waals surface area contributed by atoms with Crippen LogP contribution in [0.4, 0.5) is 11.4 Å². The van der Waals surface area contributed by atoms with Crippen molar-refractivity contribution in [2.24, 2.45) is 0 Å². The normalized spacial score (nSPS) is 10.9. The van der Waals surface area contributed by atoms with Gasteiger partial charge in [0.2, 0.25) is 0 Å². The fourth-order valence-corrected chi connectivity index (χ4v) is 4.58. The van der Waals surface area contributed by atoms with E-state index in [4.69, 9.17) is 9.47 Å². The third-order valence-corrected chi connectivity index (χ3v) is 6.35. The zero-order valence-corrected chi connectivity index (χ0v) is 20.4. The standard InChI is InChI=1S/C26H29N3O3S/c1-17-10-11-20(28(2)3)23(14-17)31-12-13-32-24-15-18(22(30)16-21(24)29(4)5)26-27-19-8-6-7-9-25(19)33-26/h6-11,14-16,30H,12-13H2,1-5H3. The van der Waals surface area contributed by atoms with Crippen molar-refractivity contribution in [1.29, 1.82) is 0 Å². The monoisotopic (exact) mass is 463 g/mol. The first-order chi connectivity index (χ1) is 15.8. The minimum Gasteiger partial charge on any atom is -0.507 e. The molecule has 0 radical (unpaired) electrons. The van der Waals surface area contributed by atoms with Gasteiger partial charge in [-0.25, -0.2) is 4.98 Å². The fraction of sp³-hybridized carbons (Fsp3) is 0.269. The van der Waals surface area contributed by atoms with Gasteiger partial charge < -0.3 is 24.4 Å². The summed E-state index contributed by atoms with van der Waals surface area (Å²) in [5.74, 6) is 1.68. The van der Waals surface area contributed by atoms with Crippen molar-refractivity contribution in [3.05, 3.63) is 60.2 Å². The molecular formula is C26H29N3O3S. The Morgan fingerprint density at radius 3 is 2.18 bits per heavy atom. The Labute approximate surface area is 198 Å². The lowest BCUT2D eigenvalue weighted by Gasteiger charge is -2.21. The lowest BCUT2D eigenvalue weighted by molar-refractivity contribution is 0.218. The Bertz CT molecular complexity index is 1230. The molecule has 0 bridgehead atoms. The third kappa shape index (κ3) is 4.98. The molecule has 4 aromatic rings. The van der Waals surface area contributed by atoms with Crippen LogP contribution in [0.5, 0.6) is 17.2 Å². The minimum absolute atomic E-state index is 0.178. The maximum absolute atomic E-state index is 10.7. The third-order valence-electron chi connectivity index (χ3n) is 5.28. The number of aryl methyl sites for hydroxylation is 1. The number of ether oxygens (including phenoxy) is 2. The first-order valence-electron chi connectivity index (χ1n) is 10.8. The molecule has 4 rings (SSSR count). The van der Waals surface area contributed by atoms with Gasteiger partial charge in [0.15, 0.2) is 0 Å². The summed E-state index contributed by atoms with van der Waals surface area (Å²) in [6, 6.07) is 17.7. The van der Waals surface area contributed by atoms with Crippen LogP contribution in [0.1, 0.15) is 5.56 Å². The maximum atomic E-state index is 10.7. The molecule has 1 heterocycles. The minimum atomic E-state index is 0.178. The topological polar surface area (TPSA) is 58.1 Å². The zero-order valence-electron chi connectivity index (χ0n) is 19.6. The van der Waals surface area contributed by atoms with Crippen molar-refractivity contribution in [2.75, 3.05) is 51.2 Å². The summed E-state index contributed by atoms with van der Waals surface area (Å²) in [5.41, 5.74) is 4.54. The van der Waals surface area contributed by atoms with E-state index in [0.717, 1.165) is 37.9 Å². The molecule has 1 N–H and O–H groups in total. The largest absolute Gasteiger partial charge is 0.507 e. The van der Waals surface area contributed by atoms with Crippen molar-refractivity contribution in [3.63, 3.8) is 0 Å². The van der Waals surface area contributed by atoms with E-state index in [9.17, 15) is 5.11 Å². The Morgan fingerprint density at radius 2 is 1.52 bits per heavy atom. The Hall–Kier alpha value is -3.45. The SMILES string of the molecule is Cc1ccc(N(C)C)c(OCCOc2cc(-c3nc4ccccc4s3)c(O)cc2N(C)C)c1. The van der Waals surface area contributed by atoms with Gasteiger partial charge in [0.05, 0.1) is 27.2 Å². The van der Waals surface area contributed by atoms with Gasteiger partial charge in [0, 0.05) is 34.3 Å².